The van der Waals surface area contributed by atoms with Gasteiger partial charge in [0.05, 0.1) is 5.70 Å². The molecule has 0 aromatic heterocycles. The smallest absolute Gasteiger partial charge is 0.382 e. The molecule has 1 rings (SSSR count). The largest absolute Gasteiger partial charge is 0.440 e. The highest BCUT2D eigenvalue weighted by atomic mass is 19.4. The number of rotatable bonds is 9. The molecule has 1 atom stereocenters. The van der Waals surface area contributed by atoms with Crippen LogP contribution in [0.25, 0.3) is 0 Å². The van der Waals surface area contributed by atoms with E-state index >= 15 is 0 Å². The second kappa shape index (κ2) is 7.85. The summed E-state index contributed by atoms with van der Waals surface area (Å²) in [6, 6.07) is 0. The zero-order valence-corrected chi connectivity index (χ0v) is 13.3. The number of hydrogen-bond donors (Lipinski definition) is 3. The zero-order valence-electron chi connectivity index (χ0n) is 13.3. The van der Waals surface area contributed by atoms with Crippen LogP contribution in [-0.2, 0) is 0 Å². The molecule has 0 aromatic rings. The predicted octanol–water partition coefficient (Wildman–Crippen LogP) is 3.38. The van der Waals surface area contributed by atoms with Crippen molar-refractivity contribution in [2.45, 2.75) is 64.3 Å². The molecule has 0 saturated heterocycles. The molecule has 0 amide bonds. The van der Waals surface area contributed by atoms with Crippen LogP contribution < -0.4 is 5.32 Å². The van der Waals surface area contributed by atoms with Gasteiger partial charge in [0.2, 0.25) is 0 Å². The van der Waals surface area contributed by atoms with Gasteiger partial charge in [0.15, 0.2) is 0 Å². The van der Waals surface area contributed by atoms with E-state index in [1.54, 1.807) is 0 Å². The summed E-state index contributed by atoms with van der Waals surface area (Å²) in [5.41, 5.74) is -3.02. The molecule has 1 heterocycles. The SMILES string of the molecule is CCCCCNC1=CC(O)(C(F)(F)F)N(CCCCC)C1=N. The quantitative estimate of drug-likeness (QED) is 0.571. The molecule has 0 radical (unpaired) electrons. The second-order valence-electron chi connectivity index (χ2n) is 5.62. The van der Waals surface area contributed by atoms with Crippen molar-refractivity contribution in [3.63, 3.8) is 0 Å². The third kappa shape index (κ3) is 4.15. The van der Waals surface area contributed by atoms with E-state index < -0.39 is 11.9 Å². The van der Waals surface area contributed by atoms with Crippen LogP contribution in [0.15, 0.2) is 11.8 Å². The van der Waals surface area contributed by atoms with E-state index in [2.05, 4.69) is 5.32 Å². The van der Waals surface area contributed by atoms with Gasteiger partial charge in [-0.25, -0.2) is 0 Å². The zero-order chi connectivity index (χ0) is 16.8. The highest BCUT2D eigenvalue weighted by Crippen LogP contribution is 2.39. The molecule has 7 heteroatoms. The Balaban J connectivity index is 2.82. The fourth-order valence-corrected chi connectivity index (χ4v) is 2.43. The Hall–Kier alpha value is -1.24. The molecule has 0 spiro atoms. The maximum absolute atomic E-state index is 13.2. The minimum Gasteiger partial charge on any atom is -0.382 e. The minimum absolute atomic E-state index is 0.0132. The van der Waals surface area contributed by atoms with Gasteiger partial charge in [-0.2, -0.15) is 13.2 Å². The summed E-state index contributed by atoms with van der Waals surface area (Å²) in [6.45, 7) is 4.50. The van der Waals surface area contributed by atoms with Gasteiger partial charge < -0.3 is 15.3 Å². The highest BCUT2D eigenvalue weighted by Gasteiger charge is 2.60. The van der Waals surface area contributed by atoms with Crippen molar-refractivity contribution in [2.24, 2.45) is 0 Å². The van der Waals surface area contributed by atoms with Crippen LogP contribution in [0.4, 0.5) is 13.2 Å². The van der Waals surface area contributed by atoms with Crippen molar-refractivity contribution in [1.82, 2.24) is 10.2 Å². The number of hydrogen-bond acceptors (Lipinski definition) is 3. The number of nitrogens with one attached hydrogen (secondary N) is 2. The molecule has 1 aliphatic heterocycles. The summed E-state index contributed by atoms with van der Waals surface area (Å²) in [6.07, 6.45) is 0.824. The van der Waals surface area contributed by atoms with Gasteiger partial charge in [-0.05, 0) is 12.8 Å². The van der Waals surface area contributed by atoms with Crippen LogP contribution in [0.5, 0.6) is 0 Å². The van der Waals surface area contributed by atoms with Crippen molar-refractivity contribution >= 4 is 5.84 Å². The standard InChI is InChI=1S/C15H26F3N3O/c1-3-5-7-9-20-12-11-14(22,15(16,17)18)21(13(12)19)10-8-6-4-2/h11,19-20,22H,3-10H2,1-2H3. The first-order valence-corrected chi connectivity index (χ1v) is 7.90. The summed E-state index contributed by atoms with van der Waals surface area (Å²) in [7, 11) is 0. The highest BCUT2D eigenvalue weighted by molar-refractivity contribution is 5.98. The average Bonchev–Trinajstić information content (AvgIpc) is 2.69. The van der Waals surface area contributed by atoms with Crippen LogP contribution in [-0.4, -0.2) is 40.8 Å². The topological polar surface area (TPSA) is 59.4 Å². The van der Waals surface area contributed by atoms with Gasteiger partial charge in [0.25, 0.3) is 5.72 Å². The lowest BCUT2D eigenvalue weighted by atomic mass is 10.1. The molecule has 4 nitrogen and oxygen atoms in total. The molecule has 22 heavy (non-hydrogen) atoms. The second-order valence-corrected chi connectivity index (χ2v) is 5.62. The lowest BCUT2D eigenvalue weighted by Crippen LogP contribution is -2.56. The summed E-state index contributed by atoms with van der Waals surface area (Å²) in [5, 5.41) is 20.9. The van der Waals surface area contributed by atoms with Crippen LogP contribution in [0.3, 0.4) is 0 Å². The molecule has 1 aliphatic rings. The molecule has 0 aliphatic carbocycles. The molecule has 0 fully saturated rings. The van der Waals surface area contributed by atoms with Crippen LogP contribution >= 0.6 is 0 Å². The Kier molecular flexibility index (Phi) is 6.71. The van der Waals surface area contributed by atoms with Crippen LogP contribution in [0.1, 0.15) is 52.4 Å². The fraction of sp³-hybridized carbons (Fsp3) is 0.800. The van der Waals surface area contributed by atoms with Gasteiger partial charge >= 0.3 is 6.18 Å². The molecular formula is C15H26F3N3O. The third-order valence-corrected chi connectivity index (χ3v) is 3.78. The van der Waals surface area contributed by atoms with Gasteiger partial charge in [0, 0.05) is 19.2 Å². The van der Waals surface area contributed by atoms with E-state index in [4.69, 9.17) is 5.41 Å². The maximum atomic E-state index is 13.2. The van der Waals surface area contributed by atoms with Crippen LogP contribution in [0, 0.1) is 5.41 Å². The van der Waals surface area contributed by atoms with Crippen molar-refractivity contribution in [3.05, 3.63) is 11.8 Å². The normalized spacial score (nSPS) is 22.2. The lowest BCUT2D eigenvalue weighted by Gasteiger charge is -2.35. The average molecular weight is 321 g/mol. The van der Waals surface area contributed by atoms with Gasteiger partial charge in [0.1, 0.15) is 5.84 Å². The van der Waals surface area contributed by atoms with Gasteiger partial charge in [-0.3, -0.25) is 5.41 Å². The molecular weight excluding hydrogens is 295 g/mol. The van der Waals surface area contributed by atoms with Gasteiger partial charge in [-0.1, -0.05) is 39.5 Å². The Labute approximate surface area is 129 Å². The van der Waals surface area contributed by atoms with Crippen molar-refractivity contribution in [1.29, 1.82) is 5.41 Å². The van der Waals surface area contributed by atoms with Crippen LogP contribution in [0.2, 0.25) is 0 Å². The number of nitrogens with zero attached hydrogens (tertiary/aromatic N) is 1. The first-order chi connectivity index (χ1) is 10.3. The molecule has 1 unspecified atom stereocenters. The number of amidine groups is 1. The van der Waals surface area contributed by atoms with E-state index in [1.807, 2.05) is 13.8 Å². The number of aliphatic hydroxyl groups is 1. The predicted molar refractivity (Wildman–Crippen MR) is 80.6 cm³/mol. The van der Waals surface area contributed by atoms with Gasteiger partial charge in [-0.15, -0.1) is 0 Å². The Morgan fingerprint density at radius 3 is 2.32 bits per heavy atom. The minimum atomic E-state index is -4.83. The first-order valence-electron chi connectivity index (χ1n) is 7.90. The molecule has 0 saturated carbocycles. The monoisotopic (exact) mass is 321 g/mol. The Morgan fingerprint density at radius 2 is 1.77 bits per heavy atom. The first kappa shape index (κ1) is 18.8. The fourth-order valence-electron chi connectivity index (χ4n) is 2.43. The molecule has 3 N–H and O–H groups in total. The van der Waals surface area contributed by atoms with E-state index in [0.29, 0.717) is 13.0 Å². The Bertz CT molecular complexity index is 409. The summed E-state index contributed by atoms with van der Waals surface area (Å²) in [4.78, 5) is 0.741. The number of alkyl halides is 3. The van der Waals surface area contributed by atoms with Crippen molar-refractivity contribution < 1.29 is 18.3 Å². The summed E-state index contributed by atoms with van der Waals surface area (Å²) < 4.78 is 39.7. The van der Waals surface area contributed by atoms with E-state index in [9.17, 15) is 18.3 Å². The third-order valence-electron chi connectivity index (χ3n) is 3.78. The number of unbranched alkanes of at least 4 members (excludes halogenated alkanes) is 4. The summed E-state index contributed by atoms with van der Waals surface area (Å²) >= 11 is 0. The maximum Gasteiger partial charge on any atom is 0.440 e. The molecule has 128 valence electrons. The van der Waals surface area contributed by atoms with E-state index in [0.717, 1.165) is 43.1 Å². The van der Waals surface area contributed by atoms with Crippen molar-refractivity contribution in [2.75, 3.05) is 13.1 Å². The summed E-state index contributed by atoms with van der Waals surface area (Å²) in [5.74, 6) is -0.285. The molecule has 0 aromatic carbocycles. The molecule has 0 bridgehead atoms. The lowest BCUT2D eigenvalue weighted by molar-refractivity contribution is -0.277. The van der Waals surface area contributed by atoms with E-state index in [-0.39, 0.29) is 18.1 Å². The van der Waals surface area contributed by atoms with Crippen molar-refractivity contribution in [3.8, 4) is 0 Å². The van der Waals surface area contributed by atoms with E-state index in [1.165, 1.54) is 0 Å². The number of halogens is 3. The Morgan fingerprint density at radius 1 is 1.18 bits per heavy atom.